The molecule has 1 aliphatic heterocycles. The van der Waals surface area contributed by atoms with E-state index in [4.69, 9.17) is 9.47 Å². The van der Waals surface area contributed by atoms with Crippen molar-refractivity contribution < 1.29 is 41.7 Å². The molecular formula is C30H26F4N4O5. The molecule has 0 bridgehead atoms. The van der Waals surface area contributed by atoms with Gasteiger partial charge in [-0.1, -0.05) is 6.07 Å². The number of halogens is 4. The number of aromatic nitrogens is 2. The van der Waals surface area contributed by atoms with Gasteiger partial charge < -0.3 is 25.2 Å². The normalized spacial score (nSPS) is 17.5. The van der Waals surface area contributed by atoms with Crippen molar-refractivity contribution in [3.63, 3.8) is 0 Å². The molecule has 0 aliphatic carbocycles. The summed E-state index contributed by atoms with van der Waals surface area (Å²) in [5, 5.41) is 16.6. The van der Waals surface area contributed by atoms with Crippen LogP contribution in [0.1, 0.15) is 35.5 Å². The maximum absolute atomic E-state index is 14.7. The van der Waals surface area contributed by atoms with E-state index >= 15 is 0 Å². The summed E-state index contributed by atoms with van der Waals surface area (Å²) in [4.78, 5) is 33.4. The molecule has 2 aromatic carbocycles. The van der Waals surface area contributed by atoms with Crippen molar-refractivity contribution in [2.45, 2.75) is 31.2 Å². The number of hydrogen-bond acceptors (Lipinski definition) is 7. The van der Waals surface area contributed by atoms with E-state index in [1.54, 1.807) is 19.1 Å². The fourth-order valence-corrected chi connectivity index (χ4v) is 4.98. The molecule has 1 aliphatic rings. The molecule has 2 amide bonds. The lowest BCUT2D eigenvalue weighted by molar-refractivity contribution is -0.265. The van der Waals surface area contributed by atoms with E-state index in [1.807, 2.05) is 0 Å². The highest BCUT2D eigenvalue weighted by molar-refractivity contribution is 5.99. The fraction of sp³-hybridized carbons (Fsp3) is 0.267. The number of nitrogens with one attached hydrogen (secondary N) is 2. The number of carbonyl (C=O) groups is 2. The monoisotopic (exact) mass is 598 g/mol. The van der Waals surface area contributed by atoms with Crippen molar-refractivity contribution in [1.82, 2.24) is 20.6 Å². The number of carbonyl (C=O) groups excluding carboxylic acids is 2. The summed E-state index contributed by atoms with van der Waals surface area (Å²) in [7, 11) is 1.37. The molecule has 13 heteroatoms. The SMILES string of the molecule is COc1cc(C(=O)NC[C@](O)(c2cc3c(c(-c4ccc(F)cc4)n2)OC[C@]3(C)NC(C)=O)C(F)(F)F)cc2cccnc12. The van der Waals surface area contributed by atoms with E-state index in [-0.39, 0.29) is 40.5 Å². The molecule has 3 N–H and O–H groups in total. The molecule has 3 heterocycles. The molecule has 0 spiro atoms. The van der Waals surface area contributed by atoms with Crippen LogP contribution in [0.15, 0.2) is 60.8 Å². The fourth-order valence-electron chi connectivity index (χ4n) is 4.98. The smallest absolute Gasteiger partial charge is 0.424 e. The van der Waals surface area contributed by atoms with Crippen LogP contribution >= 0.6 is 0 Å². The highest BCUT2D eigenvalue weighted by Gasteiger charge is 2.57. The second-order valence-corrected chi connectivity index (χ2v) is 10.3. The maximum atomic E-state index is 14.7. The van der Waals surface area contributed by atoms with Crippen LogP contribution in [0.3, 0.4) is 0 Å². The summed E-state index contributed by atoms with van der Waals surface area (Å²) in [5.74, 6) is -1.68. The summed E-state index contributed by atoms with van der Waals surface area (Å²) in [6.07, 6.45) is -3.80. The van der Waals surface area contributed by atoms with Crippen LogP contribution in [0.4, 0.5) is 17.6 Å². The Labute approximate surface area is 242 Å². The van der Waals surface area contributed by atoms with Crippen LogP contribution in [0.2, 0.25) is 0 Å². The summed E-state index contributed by atoms with van der Waals surface area (Å²) in [6.45, 7) is 1.34. The Morgan fingerprint density at radius 2 is 1.86 bits per heavy atom. The van der Waals surface area contributed by atoms with Gasteiger partial charge in [-0.05, 0) is 55.5 Å². The van der Waals surface area contributed by atoms with Crippen LogP contribution in [-0.4, -0.2) is 53.3 Å². The Morgan fingerprint density at radius 3 is 2.51 bits per heavy atom. The first-order valence-corrected chi connectivity index (χ1v) is 13.0. The first kappa shape index (κ1) is 29.7. The van der Waals surface area contributed by atoms with Gasteiger partial charge in [-0.15, -0.1) is 0 Å². The molecule has 0 fully saturated rings. The first-order valence-electron chi connectivity index (χ1n) is 13.0. The topological polar surface area (TPSA) is 123 Å². The average Bonchev–Trinajstić information content (AvgIpc) is 3.29. The number of hydrogen-bond donors (Lipinski definition) is 3. The van der Waals surface area contributed by atoms with Gasteiger partial charge in [-0.2, -0.15) is 13.2 Å². The van der Waals surface area contributed by atoms with Crippen LogP contribution in [0, 0.1) is 5.82 Å². The van der Waals surface area contributed by atoms with Gasteiger partial charge in [-0.3, -0.25) is 14.6 Å². The van der Waals surface area contributed by atoms with Crippen molar-refractivity contribution in [3.8, 4) is 22.8 Å². The van der Waals surface area contributed by atoms with Crippen LogP contribution < -0.4 is 20.1 Å². The number of methoxy groups -OCH3 is 1. The minimum absolute atomic E-state index is 0.0255. The molecule has 2 atom stereocenters. The number of pyridine rings is 2. The molecule has 9 nitrogen and oxygen atoms in total. The number of amides is 2. The lowest BCUT2D eigenvalue weighted by Gasteiger charge is -2.32. The van der Waals surface area contributed by atoms with Gasteiger partial charge >= 0.3 is 6.18 Å². The van der Waals surface area contributed by atoms with Crippen molar-refractivity contribution in [1.29, 1.82) is 0 Å². The third-order valence-corrected chi connectivity index (χ3v) is 7.19. The van der Waals surface area contributed by atoms with E-state index in [2.05, 4.69) is 20.6 Å². The molecule has 4 aromatic rings. The zero-order valence-corrected chi connectivity index (χ0v) is 23.2. The third-order valence-electron chi connectivity index (χ3n) is 7.19. The quantitative estimate of drug-likeness (QED) is 0.270. The third kappa shape index (κ3) is 5.43. The summed E-state index contributed by atoms with van der Waals surface area (Å²) in [5.41, 5.74) is -5.18. The van der Waals surface area contributed by atoms with Crippen molar-refractivity contribution in [3.05, 3.63) is 83.4 Å². The number of rotatable bonds is 7. The van der Waals surface area contributed by atoms with Gasteiger partial charge in [0.15, 0.2) is 5.75 Å². The van der Waals surface area contributed by atoms with Crippen LogP contribution in [0.25, 0.3) is 22.2 Å². The molecule has 0 radical (unpaired) electrons. The summed E-state index contributed by atoms with van der Waals surface area (Å²) < 4.78 is 68.8. The highest BCUT2D eigenvalue weighted by atomic mass is 19.4. The molecule has 43 heavy (non-hydrogen) atoms. The van der Waals surface area contributed by atoms with Gasteiger partial charge in [0, 0.05) is 35.2 Å². The summed E-state index contributed by atoms with van der Waals surface area (Å²) >= 11 is 0. The number of aliphatic hydroxyl groups is 1. The number of ether oxygens (including phenoxy) is 2. The Kier molecular flexibility index (Phi) is 7.46. The molecule has 5 rings (SSSR count). The first-order chi connectivity index (χ1) is 20.3. The molecule has 0 saturated carbocycles. The molecular weight excluding hydrogens is 572 g/mol. The summed E-state index contributed by atoms with van der Waals surface area (Å²) in [6, 6.07) is 11.8. The molecule has 0 unspecified atom stereocenters. The van der Waals surface area contributed by atoms with E-state index in [9.17, 15) is 32.3 Å². The predicted octanol–water partition coefficient (Wildman–Crippen LogP) is 4.37. The Bertz CT molecular complexity index is 1730. The standard InChI is InChI=1S/C30H26F4N4O5/c1-16(39)38-28(2)15-43-26-21(28)13-23(37-25(26)17-6-8-20(31)9-7-17)29(41,30(32,33)34)14-36-27(40)19-11-18-5-4-10-35-24(18)22(12-19)42-3/h4-13,41H,14-15H2,1-3H3,(H,36,40)(H,38,39)/t28-,29-/m0/s1. The molecule has 2 aromatic heterocycles. The zero-order valence-electron chi connectivity index (χ0n) is 23.2. The largest absolute Gasteiger partial charge is 0.494 e. The second kappa shape index (κ2) is 10.8. The lowest BCUT2D eigenvalue weighted by atomic mass is 9.88. The van der Waals surface area contributed by atoms with Crippen LogP contribution in [-0.2, 0) is 15.9 Å². The van der Waals surface area contributed by atoms with Crippen molar-refractivity contribution >= 4 is 22.7 Å². The highest BCUT2D eigenvalue weighted by Crippen LogP contribution is 2.47. The van der Waals surface area contributed by atoms with Gasteiger partial charge in [-0.25, -0.2) is 9.37 Å². The van der Waals surface area contributed by atoms with Gasteiger partial charge in [0.2, 0.25) is 11.5 Å². The van der Waals surface area contributed by atoms with Crippen molar-refractivity contribution in [2.24, 2.45) is 0 Å². The Balaban J connectivity index is 1.59. The minimum atomic E-state index is -5.32. The van der Waals surface area contributed by atoms with E-state index in [1.165, 1.54) is 44.5 Å². The van der Waals surface area contributed by atoms with Gasteiger partial charge in [0.1, 0.15) is 34.9 Å². The maximum Gasteiger partial charge on any atom is 0.424 e. The number of fused-ring (bicyclic) bond motifs is 2. The Morgan fingerprint density at radius 1 is 1.14 bits per heavy atom. The Hall–Kier alpha value is -4.78. The van der Waals surface area contributed by atoms with E-state index < -0.39 is 47.2 Å². The van der Waals surface area contributed by atoms with E-state index in [0.717, 1.165) is 18.2 Å². The average molecular weight is 599 g/mol. The van der Waals surface area contributed by atoms with E-state index in [0.29, 0.717) is 10.9 Å². The van der Waals surface area contributed by atoms with Crippen LogP contribution in [0.5, 0.6) is 11.5 Å². The van der Waals surface area contributed by atoms with Gasteiger partial charge in [0.25, 0.3) is 5.91 Å². The number of benzene rings is 2. The van der Waals surface area contributed by atoms with Crippen molar-refractivity contribution in [2.75, 3.05) is 20.3 Å². The lowest BCUT2D eigenvalue weighted by Crippen LogP contribution is -2.52. The minimum Gasteiger partial charge on any atom is -0.494 e. The number of alkyl halides is 3. The molecule has 0 saturated heterocycles. The van der Waals surface area contributed by atoms with Gasteiger partial charge in [0.05, 0.1) is 19.3 Å². The predicted molar refractivity (Wildman–Crippen MR) is 147 cm³/mol. The number of nitrogens with zero attached hydrogens (tertiary/aromatic N) is 2. The molecule has 224 valence electrons. The zero-order chi connectivity index (χ0) is 31.2. The second-order valence-electron chi connectivity index (χ2n) is 10.3.